The van der Waals surface area contributed by atoms with Gasteiger partial charge in [-0.3, -0.25) is 19.6 Å². The summed E-state index contributed by atoms with van der Waals surface area (Å²) in [6, 6.07) is 1.82. The molecule has 0 radical (unpaired) electrons. The van der Waals surface area contributed by atoms with Gasteiger partial charge in [0.15, 0.2) is 0 Å². The van der Waals surface area contributed by atoms with Crippen LogP contribution >= 0.6 is 0 Å². The molecule has 1 aromatic rings. The van der Waals surface area contributed by atoms with E-state index in [4.69, 9.17) is 15.5 Å². The quantitative estimate of drug-likeness (QED) is 0.0294. The van der Waals surface area contributed by atoms with Gasteiger partial charge in [0, 0.05) is 31.6 Å². The maximum absolute atomic E-state index is 12.2. The first-order chi connectivity index (χ1) is 27.9. The van der Waals surface area contributed by atoms with Gasteiger partial charge in [0.25, 0.3) is 5.56 Å². The number of aromatic nitrogens is 2. The Kier molecular flexibility index (Phi) is 36.0. The molecule has 9 nitrogen and oxygen atoms in total. The second-order valence-corrected chi connectivity index (χ2v) is 16.9. The topological polar surface area (TPSA) is 123 Å². The van der Waals surface area contributed by atoms with Crippen molar-refractivity contribution < 1.29 is 9.53 Å². The van der Waals surface area contributed by atoms with Crippen LogP contribution in [-0.2, 0) is 16.1 Å². The number of H-pyrrole nitrogens is 1. The molecule has 1 rings (SSSR count). The van der Waals surface area contributed by atoms with E-state index in [1.54, 1.807) is 10.8 Å². The van der Waals surface area contributed by atoms with Gasteiger partial charge in [0.2, 0.25) is 0 Å². The minimum absolute atomic E-state index is 0.0424. The zero-order valence-electron chi connectivity index (χ0n) is 37.7. The van der Waals surface area contributed by atoms with Crippen molar-refractivity contribution in [2.24, 2.45) is 10.7 Å². The van der Waals surface area contributed by atoms with Crippen LogP contribution in [0.1, 0.15) is 233 Å². The molecule has 0 atom stereocenters. The van der Waals surface area contributed by atoms with Gasteiger partial charge in [-0.1, -0.05) is 168 Å². The molecule has 1 heterocycles. The zero-order valence-corrected chi connectivity index (χ0v) is 37.7. The highest BCUT2D eigenvalue weighted by Gasteiger charge is 2.10. The monoisotopic (exact) mass is 802 g/mol. The number of nitrogens with zero attached hydrogens (tertiary/aromatic N) is 3. The average molecular weight is 802 g/mol. The number of carbonyl (C=O) groups excluding carboxylic acids is 1. The van der Waals surface area contributed by atoms with E-state index in [2.05, 4.69) is 30.7 Å². The van der Waals surface area contributed by atoms with E-state index in [-0.39, 0.29) is 17.2 Å². The number of esters is 1. The molecule has 0 aliphatic heterocycles. The van der Waals surface area contributed by atoms with Crippen molar-refractivity contribution in [3.05, 3.63) is 33.1 Å². The number of amidine groups is 1. The fraction of sp³-hybridized carbons (Fsp3) is 0.875. The van der Waals surface area contributed by atoms with Crippen LogP contribution in [0.4, 0.5) is 0 Å². The molecule has 0 fully saturated rings. The summed E-state index contributed by atoms with van der Waals surface area (Å²) < 4.78 is 7.03. The summed E-state index contributed by atoms with van der Waals surface area (Å²) in [6.07, 6.45) is 40.8. The molecule has 0 amide bonds. The molecule has 0 saturated heterocycles. The molecule has 1 aromatic heterocycles. The molecule has 0 aliphatic rings. The van der Waals surface area contributed by atoms with E-state index in [1.165, 1.54) is 147 Å². The maximum atomic E-state index is 12.2. The lowest BCUT2D eigenvalue weighted by Crippen LogP contribution is -2.31. The third-order valence-electron chi connectivity index (χ3n) is 11.4. The normalized spacial score (nSPS) is 12.0. The van der Waals surface area contributed by atoms with Crippen molar-refractivity contribution in [3.8, 4) is 0 Å². The molecular formula is C48H91N5O4. The molecule has 9 heteroatoms. The van der Waals surface area contributed by atoms with E-state index >= 15 is 0 Å². The second kappa shape index (κ2) is 39.1. The highest BCUT2D eigenvalue weighted by Crippen LogP contribution is 2.18. The third-order valence-corrected chi connectivity index (χ3v) is 11.4. The molecule has 0 saturated carbocycles. The summed E-state index contributed by atoms with van der Waals surface area (Å²) in [7, 11) is 0. The standard InChI is InChI=1S/C48H91N5O4/c1-4-7-10-13-18-25-33-44(34-26-19-14-11-8-5-2)50-45(49)35-27-20-16-22-29-38-52(40-32-41-53-42-37-46(54)51-48(53)56)39-30-23-17-21-28-36-47(55)57-43-31-24-15-12-9-6-3/h37,42,44H,4-36,38-41,43H2,1-3H3,(H2,49,50)(H,51,54,56). The van der Waals surface area contributed by atoms with Gasteiger partial charge in [0.1, 0.15) is 0 Å². The molecule has 0 aliphatic carbocycles. The Hall–Kier alpha value is -2.42. The van der Waals surface area contributed by atoms with Gasteiger partial charge >= 0.3 is 11.7 Å². The summed E-state index contributed by atoms with van der Waals surface area (Å²) >= 11 is 0. The van der Waals surface area contributed by atoms with E-state index in [9.17, 15) is 14.4 Å². The Morgan fingerprint density at radius 1 is 0.632 bits per heavy atom. The van der Waals surface area contributed by atoms with Gasteiger partial charge in [-0.25, -0.2) is 4.79 Å². The Balaban J connectivity index is 2.40. The zero-order chi connectivity index (χ0) is 41.4. The number of aryl methyl sites for hydroxylation is 1. The fourth-order valence-corrected chi connectivity index (χ4v) is 7.76. The number of unbranched alkanes of at least 4 members (excludes halogenated alkanes) is 23. The van der Waals surface area contributed by atoms with Crippen molar-refractivity contribution >= 4 is 11.8 Å². The van der Waals surface area contributed by atoms with Crippen LogP contribution in [0.5, 0.6) is 0 Å². The predicted octanol–water partition coefficient (Wildman–Crippen LogP) is 12.0. The van der Waals surface area contributed by atoms with Gasteiger partial charge in [-0.05, 0) is 71.0 Å². The summed E-state index contributed by atoms with van der Waals surface area (Å²) in [5.74, 6) is 0.826. The van der Waals surface area contributed by atoms with E-state index in [0.29, 0.717) is 25.6 Å². The first-order valence-electron chi connectivity index (χ1n) is 24.4. The Morgan fingerprint density at radius 2 is 1.09 bits per heavy atom. The lowest BCUT2D eigenvalue weighted by molar-refractivity contribution is -0.143. The lowest BCUT2D eigenvalue weighted by Gasteiger charge is -2.22. The van der Waals surface area contributed by atoms with Crippen LogP contribution in [0.3, 0.4) is 0 Å². The highest BCUT2D eigenvalue weighted by atomic mass is 16.5. The van der Waals surface area contributed by atoms with Crippen molar-refractivity contribution in [2.45, 2.75) is 245 Å². The third kappa shape index (κ3) is 33.1. The van der Waals surface area contributed by atoms with Crippen LogP contribution in [0, 0.1) is 0 Å². The minimum atomic E-state index is -0.353. The molecule has 332 valence electrons. The van der Waals surface area contributed by atoms with Gasteiger partial charge < -0.3 is 19.9 Å². The largest absolute Gasteiger partial charge is 0.466 e. The first-order valence-corrected chi connectivity index (χ1v) is 24.4. The SMILES string of the molecule is CCCCCCCCOC(=O)CCCCCCCN(CCCCCCCC(N)=NC(CCCCCCCC)CCCCCCCC)CCCn1ccc(=O)[nH]c1=O. The smallest absolute Gasteiger partial charge is 0.328 e. The summed E-state index contributed by atoms with van der Waals surface area (Å²) in [5.41, 5.74) is 5.83. The van der Waals surface area contributed by atoms with E-state index in [1.807, 2.05) is 0 Å². The average Bonchev–Trinajstić information content (AvgIpc) is 3.19. The highest BCUT2D eigenvalue weighted by molar-refractivity contribution is 5.80. The van der Waals surface area contributed by atoms with Gasteiger partial charge in [-0.15, -0.1) is 0 Å². The van der Waals surface area contributed by atoms with Crippen molar-refractivity contribution in [2.75, 3.05) is 26.2 Å². The summed E-state index contributed by atoms with van der Waals surface area (Å²) in [6.45, 7) is 11.0. The summed E-state index contributed by atoms with van der Waals surface area (Å²) in [4.78, 5) is 45.7. The van der Waals surface area contributed by atoms with E-state index < -0.39 is 0 Å². The molecule has 0 aromatic carbocycles. The molecule has 3 N–H and O–H groups in total. The van der Waals surface area contributed by atoms with E-state index in [0.717, 1.165) is 89.7 Å². The molecular weight excluding hydrogens is 711 g/mol. The summed E-state index contributed by atoms with van der Waals surface area (Å²) in [5, 5.41) is 0. The number of hydrogen-bond acceptors (Lipinski definition) is 6. The number of aromatic amines is 1. The Morgan fingerprint density at radius 3 is 1.63 bits per heavy atom. The van der Waals surface area contributed by atoms with Crippen molar-refractivity contribution in [3.63, 3.8) is 0 Å². The van der Waals surface area contributed by atoms with Gasteiger partial charge in [-0.2, -0.15) is 0 Å². The number of hydrogen-bond donors (Lipinski definition) is 2. The molecule has 0 unspecified atom stereocenters. The Bertz CT molecular complexity index is 1180. The van der Waals surface area contributed by atoms with Crippen LogP contribution in [0.15, 0.2) is 26.8 Å². The Labute approximate surface area is 350 Å². The molecule has 0 spiro atoms. The number of rotatable bonds is 42. The number of nitrogens with one attached hydrogen (secondary N) is 1. The number of aliphatic imine (C=N–C) groups is 1. The number of nitrogens with two attached hydrogens (primary N) is 1. The van der Waals surface area contributed by atoms with Crippen LogP contribution in [-0.4, -0.2) is 58.5 Å². The van der Waals surface area contributed by atoms with Crippen LogP contribution in [0.25, 0.3) is 0 Å². The fourth-order valence-electron chi connectivity index (χ4n) is 7.76. The number of carbonyl (C=O) groups is 1. The predicted molar refractivity (Wildman–Crippen MR) is 244 cm³/mol. The van der Waals surface area contributed by atoms with Crippen molar-refractivity contribution in [1.29, 1.82) is 0 Å². The van der Waals surface area contributed by atoms with Crippen LogP contribution in [0.2, 0.25) is 0 Å². The number of ether oxygens (including phenoxy) is 1. The van der Waals surface area contributed by atoms with Gasteiger partial charge in [0.05, 0.1) is 18.5 Å². The van der Waals surface area contributed by atoms with Crippen LogP contribution < -0.4 is 17.0 Å². The molecule has 0 bridgehead atoms. The lowest BCUT2D eigenvalue weighted by atomic mass is 10.0. The minimum Gasteiger partial charge on any atom is -0.466 e. The molecule has 57 heavy (non-hydrogen) atoms. The second-order valence-electron chi connectivity index (χ2n) is 16.9. The van der Waals surface area contributed by atoms with Crippen molar-refractivity contribution in [1.82, 2.24) is 14.5 Å². The first kappa shape index (κ1) is 52.6. The maximum Gasteiger partial charge on any atom is 0.328 e.